The number of nitro groups is 1. The van der Waals surface area contributed by atoms with E-state index in [1.165, 1.54) is 60.8 Å². The lowest BCUT2D eigenvalue weighted by atomic mass is 10.2. The molecule has 0 aromatic heterocycles. The molecule has 3 aromatic rings. The number of rotatable bonds is 7. The summed E-state index contributed by atoms with van der Waals surface area (Å²) in [5.41, 5.74) is 3.62. The molecule has 1 N–H and O–H groups in total. The highest BCUT2D eigenvalue weighted by Gasteiger charge is 2.09. The molecule has 0 aliphatic rings. The Bertz CT molecular complexity index is 1240. The fourth-order valence-electron chi connectivity index (χ4n) is 2.55. The number of esters is 1. The van der Waals surface area contributed by atoms with E-state index < -0.39 is 16.8 Å². The maximum atomic E-state index is 12.2. The molecule has 3 rings (SSSR count). The average Bonchev–Trinajstić information content (AvgIpc) is 2.80. The Hall–Kier alpha value is -4.01. The van der Waals surface area contributed by atoms with Crippen LogP contribution in [0.15, 0.2) is 77.9 Å². The third-order valence-electron chi connectivity index (χ3n) is 4.17. The summed E-state index contributed by atoms with van der Waals surface area (Å²) < 4.78 is 5.33. The smallest absolute Gasteiger partial charge is 0.336 e. The normalized spacial score (nSPS) is 11.0. The summed E-state index contributed by atoms with van der Waals surface area (Å²) >= 11 is 11.8. The number of hydrazone groups is 1. The second-order valence-corrected chi connectivity index (χ2v) is 7.36. The molecule has 0 aliphatic carbocycles. The molecule has 10 heteroatoms. The van der Waals surface area contributed by atoms with Crippen molar-refractivity contribution in [1.29, 1.82) is 0 Å². The average molecular weight is 484 g/mol. The van der Waals surface area contributed by atoms with Crippen molar-refractivity contribution in [2.24, 2.45) is 5.10 Å². The number of nitrogens with zero attached hydrogens (tertiary/aromatic N) is 2. The standard InChI is InChI=1S/C23H15Cl2N3O5/c24-18-6-4-16(5-7-18)23(30)27-26-14-17-13-19(25)8-11-21(17)33-22(29)12-3-15-1-9-20(10-2-15)28(31)32/h1-14H,(H,27,30)/b12-3+,26-14+. The lowest BCUT2D eigenvalue weighted by Crippen LogP contribution is -2.17. The van der Waals surface area contributed by atoms with Crippen molar-refractivity contribution in [2.45, 2.75) is 0 Å². The first-order valence-electron chi connectivity index (χ1n) is 9.35. The van der Waals surface area contributed by atoms with E-state index in [4.69, 9.17) is 27.9 Å². The zero-order chi connectivity index (χ0) is 23.8. The molecule has 0 heterocycles. The van der Waals surface area contributed by atoms with E-state index in [0.29, 0.717) is 26.7 Å². The topological polar surface area (TPSA) is 111 Å². The van der Waals surface area contributed by atoms with Crippen LogP contribution in [0.25, 0.3) is 6.08 Å². The summed E-state index contributed by atoms with van der Waals surface area (Å²) in [6.07, 6.45) is 3.93. The van der Waals surface area contributed by atoms with Gasteiger partial charge in [0, 0.05) is 39.4 Å². The van der Waals surface area contributed by atoms with Gasteiger partial charge < -0.3 is 4.74 Å². The number of non-ortho nitro benzene ring substituents is 1. The minimum absolute atomic E-state index is 0.0528. The molecule has 0 spiro atoms. The van der Waals surface area contributed by atoms with Gasteiger partial charge in [-0.15, -0.1) is 0 Å². The zero-order valence-electron chi connectivity index (χ0n) is 16.8. The first kappa shape index (κ1) is 23.6. The molecule has 8 nitrogen and oxygen atoms in total. The van der Waals surface area contributed by atoms with Crippen LogP contribution < -0.4 is 10.2 Å². The van der Waals surface area contributed by atoms with Crippen LogP contribution in [0.4, 0.5) is 5.69 Å². The van der Waals surface area contributed by atoms with Gasteiger partial charge in [-0.2, -0.15) is 5.10 Å². The van der Waals surface area contributed by atoms with E-state index in [0.717, 1.165) is 0 Å². The lowest BCUT2D eigenvalue weighted by Gasteiger charge is -2.06. The van der Waals surface area contributed by atoms with E-state index in [2.05, 4.69) is 10.5 Å². The molecule has 0 atom stereocenters. The van der Waals surface area contributed by atoms with Crippen molar-refractivity contribution >= 4 is 53.1 Å². The fraction of sp³-hybridized carbons (Fsp3) is 0. The molecule has 0 saturated carbocycles. The number of nitrogens with one attached hydrogen (secondary N) is 1. The van der Waals surface area contributed by atoms with Gasteiger partial charge in [-0.25, -0.2) is 10.2 Å². The van der Waals surface area contributed by atoms with Crippen molar-refractivity contribution < 1.29 is 19.2 Å². The molecular weight excluding hydrogens is 469 g/mol. The van der Waals surface area contributed by atoms with Gasteiger partial charge in [0.2, 0.25) is 0 Å². The molecular formula is C23H15Cl2N3O5. The number of hydrogen-bond donors (Lipinski definition) is 1. The van der Waals surface area contributed by atoms with Crippen molar-refractivity contribution in [1.82, 2.24) is 5.43 Å². The zero-order valence-corrected chi connectivity index (χ0v) is 18.3. The molecule has 1 amide bonds. The third-order valence-corrected chi connectivity index (χ3v) is 4.66. The van der Waals surface area contributed by atoms with Crippen LogP contribution in [0, 0.1) is 10.1 Å². The van der Waals surface area contributed by atoms with Crippen LogP contribution in [0.5, 0.6) is 5.75 Å². The maximum Gasteiger partial charge on any atom is 0.336 e. The number of carbonyl (C=O) groups is 2. The highest BCUT2D eigenvalue weighted by Crippen LogP contribution is 2.22. The van der Waals surface area contributed by atoms with E-state index in [1.807, 2.05) is 0 Å². The van der Waals surface area contributed by atoms with Gasteiger partial charge in [-0.1, -0.05) is 23.2 Å². The highest BCUT2D eigenvalue weighted by molar-refractivity contribution is 6.31. The molecule has 0 fully saturated rings. The molecule has 0 saturated heterocycles. The van der Waals surface area contributed by atoms with Crippen molar-refractivity contribution in [2.75, 3.05) is 0 Å². The van der Waals surface area contributed by atoms with Crippen molar-refractivity contribution in [3.63, 3.8) is 0 Å². The lowest BCUT2D eigenvalue weighted by molar-refractivity contribution is -0.384. The monoisotopic (exact) mass is 483 g/mol. The molecule has 0 bridgehead atoms. The fourth-order valence-corrected chi connectivity index (χ4v) is 2.86. The number of carbonyl (C=O) groups excluding carboxylic acids is 2. The largest absolute Gasteiger partial charge is 0.423 e. The van der Waals surface area contributed by atoms with Gasteiger partial charge >= 0.3 is 5.97 Å². The highest BCUT2D eigenvalue weighted by atomic mass is 35.5. The van der Waals surface area contributed by atoms with E-state index >= 15 is 0 Å². The summed E-state index contributed by atoms with van der Waals surface area (Å²) in [7, 11) is 0. The Balaban J connectivity index is 1.66. The second kappa shape index (κ2) is 11.0. The van der Waals surface area contributed by atoms with Gasteiger partial charge in [0.25, 0.3) is 11.6 Å². The SMILES string of the molecule is O=C(/C=C/c1ccc([N+](=O)[O-])cc1)Oc1ccc(Cl)cc1/C=N/NC(=O)c1ccc(Cl)cc1. The van der Waals surface area contributed by atoms with Crippen LogP contribution >= 0.6 is 23.2 Å². The summed E-state index contributed by atoms with van der Waals surface area (Å²) in [6, 6.07) is 16.5. The first-order valence-corrected chi connectivity index (χ1v) is 10.1. The molecule has 0 radical (unpaired) electrons. The molecule has 166 valence electrons. The van der Waals surface area contributed by atoms with Gasteiger partial charge in [0.15, 0.2) is 0 Å². The molecule has 3 aromatic carbocycles. The van der Waals surface area contributed by atoms with Crippen molar-refractivity contribution in [3.8, 4) is 5.75 Å². The number of ether oxygens (including phenoxy) is 1. The number of benzene rings is 3. The number of amides is 1. The van der Waals surface area contributed by atoms with Crippen LogP contribution in [-0.4, -0.2) is 23.0 Å². The molecule has 33 heavy (non-hydrogen) atoms. The summed E-state index contributed by atoms with van der Waals surface area (Å²) in [6.45, 7) is 0. The minimum Gasteiger partial charge on any atom is -0.423 e. The van der Waals surface area contributed by atoms with Crippen LogP contribution in [0.1, 0.15) is 21.5 Å². The maximum absolute atomic E-state index is 12.2. The summed E-state index contributed by atoms with van der Waals surface area (Å²) in [5, 5.41) is 15.5. The van der Waals surface area contributed by atoms with Crippen LogP contribution in [-0.2, 0) is 4.79 Å². The predicted molar refractivity (Wildman–Crippen MR) is 126 cm³/mol. The number of halogens is 2. The van der Waals surface area contributed by atoms with Crippen LogP contribution in [0.3, 0.4) is 0 Å². The Kier molecular flexibility index (Phi) is 7.91. The van der Waals surface area contributed by atoms with E-state index in [-0.39, 0.29) is 11.4 Å². The Morgan fingerprint density at radius 3 is 2.30 bits per heavy atom. The van der Waals surface area contributed by atoms with Gasteiger partial charge in [-0.05, 0) is 66.2 Å². The van der Waals surface area contributed by atoms with Gasteiger partial charge in [0.05, 0.1) is 11.1 Å². The molecule has 0 unspecified atom stereocenters. The number of nitro benzene ring substituents is 1. The van der Waals surface area contributed by atoms with Gasteiger partial charge in [0.1, 0.15) is 5.75 Å². The second-order valence-electron chi connectivity index (χ2n) is 6.49. The van der Waals surface area contributed by atoms with E-state index in [9.17, 15) is 19.7 Å². The predicted octanol–water partition coefficient (Wildman–Crippen LogP) is 5.28. The van der Waals surface area contributed by atoms with Gasteiger partial charge in [-0.3, -0.25) is 14.9 Å². The molecule has 0 aliphatic heterocycles. The van der Waals surface area contributed by atoms with E-state index in [1.54, 1.807) is 24.3 Å². The first-order chi connectivity index (χ1) is 15.8. The Labute approximate surface area is 198 Å². The Morgan fingerprint density at radius 2 is 1.64 bits per heavy atom. The van der Waals surface area contributed by atoms with Crippen molar-refractivity contribution in [3.05, 3.63) is 110 Å². The summed E-state index contributed by atoms with van der Waals surface area (Å²) in [4.78, 5) is 34.5. The Morgan fingerprint density at radius 1 is 0.970 bits per heavy atom. The number of hydrogen-bond acceptors (Lipinski definition) is 6. The quantitative estimate of drug-likeness (QED) is 0.122. The third kappa shape index (κ3) is 6.99. The summed E-state index contributed by atoms with van der Waals surface area (Å²) in [5.74, 6) is -0.965. The van der Waals surface area contributed by atoms with Crippen LogP contribution in [0.2, 0.25) is 10.0 Å². The minimum atomic E-state index is -0.685.